The SMILES string of the molecule is Cc1cc(C(=O)COC(=O)c2cc3ccccc3[nH]2)c(C)n1CC(F)(F)F. The number of nitrogens with zero attached hydrogens (tertiary/aromatic N) is 1. The highest BCUT2D eigenvalue weighted by molar-refractivity contribution is 6.01. The second-order valence-electron chi connectivity index (χ2n) is 6.26. The zero-order valence-electron chi connectivity index (χ0n) is 14.7. The lowest BCUT2D eigenvalue weighted by atomic mass is 10.1. The lowest BCUT2D eigenvalue weighted by molar-refractivity contribution is -0.141. The number of hydrogen-bond donors (Lipinski definition) is 1. The molecule has 0 amide bonds. The van der Waals surface area contributed by atoms with E-state index >= 15 is 0 Å². The van der Waals surface area contributed by atoms with Crippen molar-refractivity contribution < 1.29 is 27.5 Å². The van der Waals surface area contributed by atoms with E-state index in [9.17, 15) is 22.8 Å². The average Bonchev–Trinajstić information content (AvgIpc) is 3.15. The number of aryl methyl sites for hydroxylation is 1. The first-order valence-electron chi connectivity index (χ1n) is 8.17. The minimum atomic E-state index is -4.39. The fraction of sp³-hybridized carbons (Fsp3) is 0.263. The molecule has 0 saturated carbocycles. The molecule has 2 heterocycles. The molecule has 27 heavy (non-hydrogen) atoms. The summed E-state index contributed by atoms with van der Waals surface area (Å²) in [6.07, 6.45) is -4.39. The summed E-state index contributed by atoms with van der Waals surface area (Å²) < 4.78 is 44.0. The molecule has 0 aliphatic heterocycles. The molecule has 0 atom stereocenters. The number of hydrogen-bond acceptors (Lipinski definition) is 3. The summed E-state index contributed by atoms with van der Waals surface area (Å²) in [5.41, 5.74) is 1.57. The topological polar surface area (TPSA) is 64.1 Å². The summed E-state index contributed by atoms with van der Waals surface area (Å²) in [5.74, 6) is -1.26. The number of alkyl halides is 3. The number of para-hydroxylation sites is 1. The standard InChI is InChI=1S/C19H17F3N2O3/c1-11-7-14(12(2)24(11)10-19(20,21)22)17(25)9-27-18(26)16-8-13-5-3-4-6-15(13)23-16/h3-8,23H,9-10H2,1-2H3. The maximum absolute atomic E-state index is 12.7. The molecule has 0 unspecified atom stereocenters. The van der Waals surface area contributed by atoms with Crippen molar-refractivity contribution in [3.8, 4) is 0 Å². The monoisotopic (exact) mass is 378 g/mol. The lowest BCUT2D eigenvalue weighted by Gasteiger charge is -2.12. The van der Waals surface area contributed by atoms with Crippen LogP contribution in [0.4, 0.5) is 13.2 Å². The van der Waals surface area contributed by atoms with Gasteiger partial charge in [-0.15, -0.1) is 0 Å². The zero-order chi connectivity index (χ0) is 19.8. The number of aromatic nitrogens is 2. The van der Waals surface area contributed by atoms with Gasteiger partial charge in [0.2, 0.25) is 5.78 Å². The van der Waals surface area contributed by atoms with Gasteiger partial charge >= 0.3 is 12.1 Å². The Labute approximate surface area is 152 Å². The summed E-state index contributed by atoms with van der Waals surface area (Å²) in [4.78, 5) is 27.4. The number of halogens is 3. The Morgan fingerprint density at radius 1 is 1.15 bits per heavy atom. The van der Waals surface area contributed by atoms with E-state index in [2.05, 4.69) is 4.98 Å². The Balaban J connectivity index is 1.70. The van der Waals surface area contributed by atoms with E-state index in [0.29, 0.717) is 5.69 Å². The van der Waals surface area contributed by atoms with Crippen molar-refractivity contribution in [3.63, 3.8) is 0 Å². The number of fused-ring (bicyclic) bond motifs is 1. The summed E-state index contributed by atoms with van der Waals surface area (Å²) in [6.45, 7) is 1.20. The predicted octanol–water partition coefficient (Wildman–Crippen LogP) is 4.19. The van der Waals surface area contributed by atoms with Crippen LogP contribution < -0.4 is 0 Å². The Morgan fingerprint density at radius 2 is 1.85 bits per heavy atom. The second-order valence-corrected chi connectivity index (χ2v) is 6.26. The van der Waals surface area contributed by atoms with Crippen LogP contribution in [-0.4, -0.2) is 34.1 Å². The molecule has 8 heteroatoms. The van der Waals surface area contributed by atoms with Crippen molar-refractivity contribution in [1.82, 2.24) is 9.55 Å². The van der Waals surface area contributed by atoms with E-state index in [-0.39, 0.29) is 17.0 Å². The molecule has 0 spiro atoms. The molecule has 0 aliphatic rings. The van der Waals surface area contributed by atoms with Crippen LogP contribution in [0.25, 0.3) is 10.9 Å². The maximum atomic E-state index is 12.7. The highest BCUT2D eigenvalue weighted by atomic mass is 19.4. The van der Waals surface area contributed by atoms with Crippen LogP contribution in [0.15, 0.2) is 36.4 Å². The van der Waals surface area contributed by atoms with E-state index in [1.165, 1.54) is 19.9 Å². The number of ether oxygens (including phenoxy) is 1. The average molecular weight is 378 g/mol. The number of ketones is 1. The molecule has 1 aromatic carbocycles. The van der Waals surface area contributed by atoms with E-state index < -0.39 is 31.1 Å². The highest BCUT2D eigenvalue weighted by Crippen LogP contribution is 2.23. The van der Waals surface area contributed by atoms with Crippen LogP contribution in [0.3, 0.4) is 0 Å². The van der Waals surface area contributed by atoms with Crippen molar-refractivity contribution in [1.29, 1.82) is 0 Å². The number of H-pyrrole nitrogens is 1. The van der Waals surface area contributed by atoms with Crippen LogP contribution >= 0.6 is 0 Å². The molecule has 0 fully saturated rings. The van der Waals surface area contributed by atoms with Crippen LogP contribution in [0.5, 0.6) is 0 Å². The fourth-order valence-corrected chi connectivity index (χ4v) is 2.98. The van der Waals surface area contributed by atoms with E-state index in [1.807, 2.05) is 18.2 Å². The number of nitrogens with one attached hydrogen (secondary N) is 1. The van der Waals surface area contributed by atoms with Gasteiger partial charge in [-0.25, -0.2) is 4.79 Å². The molecule has 5 nitrogen and oxygen atoms in total. The van der Waals surface area contributed by atoms with Crippen molar-refractivity contribution >= 4 is 22.7 Å². The molecule has 142 valence electrons. The minimum Gasteiger partial charge on any atom is -0.453 e. The molecule has 3 rings (SSSR count). The molecule has 0 radical (unpaired) electrons. The molecule has 3 aromatic rings. The summed E-state index contributed by atoms with van der Waals surface area (Å²) in [6, 6.07) is 10.2. The first kappa shape index (κ1) is 18.8. The van der Waals surface area contributed by atoms with E-state index in [4.69, 9.17) is 4.74 Å². The number of carbonyl (C=O) groups is 2. The van der Waals surface area contributed by atoms with E-state index in [0.717, 1.165) is 15.5 Å². The minimum absolute atomic E-state index is 0.112. The van der Waals surface area contributed by atoms with E-state index in [1.54, 1.807) is 12.1 Å². The van der Waals surface area contributed by atoms with Gasteiger partial charge in [0, 0.05) is 27.9 Å². The van der Waals surface area contributed by atoms with Crippen molar-refractivity contribution in [2.75, 3.05) is 6.61 Å². The zero-order valence-corrected chi connectivity index (χ0v) is 14.7. The molecule has 1 N–H and O–H groups in total. The Bertz CT molecular complexity index is 982. The van der Waals surface area contributed by atoms with Gasteiger partial charge < -0.3 is 14.3 Å². The molecule has 0 aliphatic carbocycles. The first-order valence-corrected chi connectivity index (χ1v) is 8.17. The molecular weight excluding hydrogens is 361 g/mol. The van der Waals surface area contributed by atoms with Gasteiger partial charge in [0.15, 0.2) is 6.61 Å². The van der Waals surface area contributed by atoms with Crippen LogP contribution in [0.1, 0.15) is 32.2 Å². The van der Waals surface area contributed by atoms with Crippen LogP contribution in [0, 0.1) is 13.8 Å². The quantitative estimate of drug-likeness (QED) is 0.535. The van der Waals surface area contributed by atoms with Gasteiger partial charge in [0.25, 0.3) is 0 Å². The Hall–Kier alpha value is -3.03. The Morgan fingerprint density at radius 3 is 2.52 bits per heavy atom. The number of aromatic amines is 1. The first-order chi connectivity index (χ1) is 12.7. The van der Waals surface area contributed by atoms with Gasteiger partial charge in [-0.2, -0.15) is 13.2 Å². The number of Topliss-reactive ketones (excluding diaryl/α,β-unsaturated/α-hetero) is 1. The third kappa shape index (κ3) is 4.05. The third-order valence-corrected chi connectivity index (χ3v) is 4.30. The number of esters is 1. The smallest absolute Gasteiger partial charge is 0.406 e. The molecule has 0 bridgehead atoms. The highest BCUT2D eigenvalue weighted by Gasteiger charge is 2.30. The van der Waals surface area contributed by atoms with Crippen LogP contribution in [-0.2, 0) is 11.3 Å². The second kappa shape index (κ2) is 6.94. The number of carbonyl (C=O) groups excluding carboxylic acids is 2. The van der Waals surface area contributed by atoms with Crippen molar-refractivity contribution in [2.45, 2.75) is 26.6 Å². The fourth-order valence-electron chi connectivity index (χ4n) is 2.98. The lowest BCUT2D eigenvalue weighted by Crippen LogP contribution is -2.20. The van der Waals surface area contributed by atoms with Gasteiger partial charge in [-0.05, 0) is 32.0 Å². The Kier molecular flexibility index (Phi) is 4.82. The van der Waals surface area contributed by atoms with Gasteiger partial charge in [0.1, 0.15) is 12.2 Å². The third-order valence-electron chi connectivity index (χ3n) is 4.30. The van der Waals surface area contributed by atoms with Gasteiger partial charge in [-0.1, -0.05) is 18.2 Å². The molecule has 0 saturated heterocycles. The van der Waals surface area contributed by atoms with Crippen molar-refractivity contribution in [2.24, 2.45) is 0 Å². The molecular formula is C19H17F3N2O3. The van der Waals surface area contributed by atoms with Gasteiger partial charge in [-0.3, -0.25) is 4.79 Å². The number of benzene rings is 1. The van der Waals surface area contributed by atoms with Crippen molar-refractivity contribution in [3.05, 3.63) is 59.0 Å². The molecule has 2 aromatic heterocycles. The van der Waals surface area contributed by atoms with Crippen LogP contribution in [0.2, 0.25) is 0 Å². The maximum Gasteiger partial charge on any atom is 0.406 e. The number of rotatable bonds is 5. The summed E-state index contributed by atoms with van der Waals surface area (Å²) in [7, 11) is 0. The summed E-state index contributed by atoms with van der Waals surface area (Å²) in [5, 5.41) is 0.825. The predicted molar refractivity (Wildman–Crippen MR) is 92.9 cm³/mol. The van der Waals surface area contributed by atoms with Gasteiger partial charge in [0.05, 0.1) is 0 Å². The summed E-state index contributed by atoms with van der Waals surface area (Å²) >= 11 is 0. The normalized spacial score (nSPS) is 11.7. The largest absolute Gasteiger partial charge is 0.453 e.